The Hall–Kier alpha value is -0.860. The van der Waals surface area contributed by atoms with E-state index in [-0.39, 0.29) is 165 Å². The van der Waals surface area contributed by atoms with Crippen LogP contribution < -0.4 is 148 Å². The van der Waals surface area contributed by atoms with E-state index < -0.39 is 23.9 Å². The smallest absolute Gasteiger partial charge is 0.545 e. The van der Waals surface area contributed by atoms with E-state index >= 15 is 0 Å². The van der Waals surface area contributed by atoms with Gasteiger partial charge in [-0.2, -0.15) is 0 Å². The average Bonchev–Trinajstić information content (AvgIpc) is 2.80. The van der Waals surface area contributed by atoms with Gasteiger partial charge >= 0.3 is 118 Å². The molecule has 0 bridgehead atoms. The van der Waals surface area contributed by atoms with E-state index in [0.717, 1.165) is 42.0 Å². The molecule has 0 atom stereocenters. The average molecular weight is 568 g/mol. The summed E-state index contributed by atoms with van der Waals surface area (Å²) in [5.41, 5.74) is 0.560. The Morgan fingerprint density at radius 1 is 0.513 bits per heavy atom. The second-order valence-corrected chi connectivity index (χ2v) is 7.55. The summed E-state index contributed by atoms with van der Waals surface area (Å²) in [4.78, 5) is 44.5. The number of aromatic carboxylic acids is 4. The minimum absolute atomic E-state index is 0. The SMILES string of the molecule is Cc1cc(COc2cc(C(=O)[O-])cc(C(=O)[O-])c2)cc(COc2cc(C(=O)[O-])cc(C(=O)[O-])c2)c1.[Na+].[Na+].[Na+].[Na+]. The van der Waals surface area contributed by atoms with Crippen LogP contribution >= 0.6 is 0 Å². The molecule has 0 aliphatic rings. The minimum atomic E-state index is -1.57. The fourth-order valence-corrected chi connectivity index (χ4v) is 3.28. The molecule has 0 fully saturated rings. The summed E-state index contributed by atoms with van der Waals surface area (Å²) in [5.74, 6) is -6.32. The summed E-state index contributed by atoms with van der Waals surface area (Å²) in [6, 6.07) is 11.6. The maximum atomic E-state index is 11.1. The maximum Gasteiger partial charge on any atom is 1.00 e. The van der Waals surface area contributed by atoms with Gasteiger partial charge in [-0.25, -0.2) is 0 Å². The van der Waals surface area contributed by atoms with E-state index in [1.165, 1.54) is 0 Å². The zero-order valence-corrected chi connectivity index (χ0v) is 30.2. The number of carbonyl (C=O) groups excluding carboxylic acids is 4. The quantitative estimate of drug-likeness (QED) is 0.213. The van der Waals surface area contributed by atoms with Crippen LogP contribution in [0.2, 0.25) is 0 Å². The molecule has 0 spiro atoms. The van der Waals surface area contributed by atoms with Crippen LogP contribution in [-0.2, 0) is 13.2 Å². The van der Waals surface area contributed by atoms with Gasteiger partial charge in [0.15, 0.2) is 0 Å². The van der Waals surface area contributed by atoms with Crippen LogP contribution in [-0.4, -0.2) is 23.9 Å². The number of carboxylic acids is 4. The number of hydrogen-bond acceptors (Lipinski definition) is 10. The van der Waals surface area contributed by atoms with E-state index in [0.29, 0.717) is 11.1 Å². The van der Waals surface area contributed by atoms with Gasteiger partial charge in [0.25, 0.3) is 0 Å². The molecule has 180 valence electrons. The summed E-state index contributed by atoms with van der Waals surface area (Å²) in [6.07, 6.45) is 0. The van der Waals surface area contributed by atoms with Crippen molar-refractivity contribution in [2.24, 2.45) is 0 Å². The molecular formula is C25H16Na4O10. The predicted octanol–water partition coefficient (Wildman–Crippen LogP) is -13.4. The first-order valence-corrected chi connectivity index (χ1v) is 10.0. The molecule has 10 nitrogen and oxygen atoms in total. The Kier molecular flexibility index (Phi) is 19.2. The largest absolute Gasteiger partial charge is 1.00 e. The third-order valence-electron chi connectivity index (χ3n) is 4.76. The van der Waals surface area contributed by atoms with Gasteiger partial charge in [-0.3, -0.25) is 0 Å². The van der Waals surface area contributed by atoms with E-state index in [4.69, 9.17) is 9.47 Å². The van der Waals surface area contributed by atoms with E-state index in [2.05, 4.69) is 0 Å². The van der Waals surface area contributed by atoms with Gasteiger partial charge in [0, 0.05) is 22.3 Å². The van der Waals surface area contributed by atoms with Crippen molar-refractivity contribution in [1.29, 1.82) is 0 Å². The van der Waals surface area contributed by atoms with Gasteiger partial charge < -0.3 is 49.1 Å². The zero-order chi connectivity index (χ0) is 25.7. The van der Waals surface area contributed by atoms with Crippen LogP contribution in [0.25, 0.3) is 0 Å². The third kappa shape index (κ3) is 12.3. The fraction of sp³-hybridized carbons (Fsp3) is 0.120. The van der Waals surface area contributed by atoms with Crippen molar-refractivity contribution in [1.82, 2.24) is 0 Å². The van der Waals surface area contributed by atoms with Gasteiger partial charge in [-0.15, -0.1) is 0 Å². The summed E-state index contributed by atoms with van der Waals surface area (Å²) < 4.78 is 11.1. The molecule has 0 heterocycles. The van der Waals surface area contributed by atoms with Crippen LogP contribution in [0.3, 0.4) is 0 Å². The Morgan fingerprint density at radius 2 is 0.795 bits per heavy atom. The molecule has 0 aliphatic heterocycles. The molecule has 0 amide bonds. The summed E-state index contributed by atoms with van der Waals surface area (Å²) in [7, 11) is 0. The first-order chi connectivity index (χ1) is 16.5. The van der Waals surface area contributed by atoms with Gasteiger partial charge in [0.05, 0.1) is 23.9 Å². The number of ether oxygens (including phenoxy) is 2. The second-order valence-electron chi connectivity index (χ2n) is 7.55. The number of carboxylic acid groups (broad SMARTS) is 4. The molecule has 0 aromatic heterocycles. The van der Waals surface area contributed by atoms with Gasteiger partial charge in [-0.05, 0) is 60.5 Å². The normalized spacial score (nSPS) is 9.36. The second kappa shape index (κ2) is 18.5. The van der Waals surface area contributed by atoms with Crippen molar-refractivity contribution in [3.05, 3.63) is 93.5 Å². The molecule has 39 heavy (non-hydrogen) atoms. The van der Waals surface area contributed by atoms with Crippen LogP contribution in [0, 0.1) is 6.92 Å². The molecule has 0 aliphatic carbocycles. The van der Waals surface area contributed by atoms with Gasteiger partial charge in [0.2, 0.25) is 0 Å². The van der Waals surface area contributed by atoms with Crippen molar-refractivity contribution in [3.8, 4) is 11.5 Å². The number of aryl methyl sites for hydroxylation is 1. The number of hydrogen-bond donors (Lipinski definition) is 0. The van der Waals surface area contributed by atoms with Crippen molar-refractivity contribution < 1.29 is 167 Å². The van der Waals surface area contributed by atoms with Crippen molar-refractivity contribution in [2.45, 2.75) is 20.1 Å². The first kappa shape index (κ1) is 40.3. The van der Waals surface area contributed by atoms with E-state index in [9.17, 15) is 39.6 Å². The number of carbonyl (C=O) groups is 4. The molecule has 0 unspecified atom stereocenters. The van der Waals surface area contributed by atoms with Crippen molar-refractivity contribution in [2.75, 3.05) is 0 Å². The molecule has 3 aromatic rings. The zero-order valence-electron chi connectivity index (χ0n) is 22.2. The van der Waals surface area contributed by atoms with E-state index in [1.54, 1.807) is 25.1 Å². The van der Waals surface area contributed by atoms with Gasteiger partial charge in [0.1, 0.15) is 24.7 Å². The molecule has 3 aromatic carbocycles. The predicted molar refractivity (Wildman–Crippen MR) is 110 cm³/mol. The summed E-state index contributed by atoms with van der Waals surface area (Å²) >= 11 is 0. The van der Waals surface area contributed by atoms with Crippen LogP contribution in [0.15, 0.2) is 54.6 Å². The summed E-state index contributed by atoms with van der Waals surface area (Å²) in [6.45, 7) is 1.70. The third-order valence-corrected chi connectivity index (χ3v) is 4.76. The topological polar surface area (TPSA) is 179 Å². The Morgan fingerprint density at radius 3 is 1.05 bits per heavy atom. The van der Waals surface area contributed by atoms with E-state index in [1.807, 2.05) is 0 Å². The Balaban J connectivity index is 0. The van der Waals surface area contributed by atoms with Gasteiger partial charge in [-0.1, -0.05) is 17.7 Å². The van der Waals surface area contributed by atoms with Crippen LogP contribution in [0.4, 0.5) is 0 Å². The Labute approximate surface area is 312 Å². The molecular weight excluding hydrogens is 552 g/mol. The molecule has 0 saturated carbocycles. The van der Waals surface area contributed by atoms with Crippen LogP contribution in [0.1, 0.15) is 58.1 Å². The number of benzene rings is 3. The summed E-state index contributed by atoms with van der Waals surface area (Å²) in [5, 5.41) is 44.5. The number of rotatable bonds is 10. The maximum absolute atomic E-state index is 11.1. The molecule has 0 radical (unpaired) electrons. The monoisotopic (exact) mass is 568 g/mol. The van der Waals surface area contributed by atoms with Crippen molar-refractivity contribution >= 4 is 23.9 Å². The minimum Gasteiger partial charge on any atom is -0.545 e. The molecule has 14 heteroatoms. The molecule has 3 rings (SSSR count). The molecule has 0 saturated heterocycles. The Bertz CT molecular complexity index is 1180. The van der Waals surface area contributed by atoms with Crippen molar-refractivity contribution in [3.63, 3.8) is 0 Å². The molecule has 0 N–H and O–H groups in total. The fourth-order valence-electron chi connectivity index (χ4n) is 3.28. The van der Waals surface area contributed by atoms with Crippen LogP contribution in [0.5, 0.6) is 11.5 Å². The standard InChI is InChI=1S/C25H20O10.4Na/c1-13-2-14(11-34-20-7-16(22(26)27)5-17(8-20)23(28)29)4-15(3-13)12-35-21-9-18(24(30)31)6-19(10-21)25(32)33;;;;/h2-10H,11-12H2,1H3,(H,26,27)(H,28,29)(H,30,31)(H,32,33);;;;/q;4*+1/p-4. The first-order valence-electron chi connectivity index (χ1n) is 10.0.